The van der Waals surface area contributed by atoms with E-state index in [2.05, 4.69) is 54.5 Å². The van der Waals surface area contributed by atoms with Gasteiger partial charge >= 0.3 is 5.97 Å². The monoisotopic (exact) mass is 780 g/mol. The van der Waals surface area contributed by atoms with Crippen LogP contribution in [0.15, 0.2) is 11.6 Å². The van der Waals surface area contributed by atoms with Crippen molar-refractivity contribution in [1.29, 1.82) is 0 Å². The quantitative estimate of drug-likeness (QED) is 0.138. The number of carboxylic acids is 1. The van der Waals surface area contributed by atoms with Crippen molar-refractivity contribution in [2.24, 2.45) is 50.2 Å². The van der Waals surface area contributed by atoms with Crippen LogP contribution in [0.2, 0.25) is 0 Å². The van der Waals surface area contributed by atoms with Gasteiger partial charge in [-0.2, -0.15) is 0 Å². The predicted molar refractivity (Wildman–Crippen MR) is 198 cm³/mol. The number of aliphatic carboxylic acids is 1. The Kier molecular flexibility index (Phi) is 10.8. The highest BCUT2D eigenvalue weighted by Crippen LogP contribution is 2.76. The summed E-state index contributed by atoms with van der Waals surface area (Å²) in [6, 6.07) is 0. The lowest BCUT2D eigenvalue weighted by atomic mass is 9.33. The number of fused-ring (bicyclic) bond motifs is 7. The molecule has 18 atom stereocenters. The van der Waals surface area contributed by atoms with E-state index in [9.17, 15) is 45.6 Å². The molecule has 0 aromatic rings. The van der Waals surface area contributed by atoms with Crippen molar-refractivity contribution in [2.75, 3.05) is 13.2 Å². The van der Waals surface area contributed by atoms with Crippen LogP contribution < -0.4 is 0 Å². The van der Waals surface area contributed by atoms with Gasteiger partial charge in [0, 0.05) is 0 Å². The van der Waals surface area contributed by atoms with Crippen molar-refractivity contribution < 1.29 is 64.6 Å². The van der Waals surface area contributed by atoms with Crippen molar-refractivity contribution in [2.45, 2.75) is 180 Å². The van der Waals surface area contributed by atoms with E-state index in [1.165, 1.54) is 5.57 Å². The van der Waals surface area contributed by atoms with Crippen molar-refractivity contribution in [3.8, 4) is 0 Å². The Bertz CT molecular complexity index is 1480. The van der Waals surface area contributed by atoms with Crippen molar-refractivity contribution >= 4 is 5.97 Å². The lowest BCUT2D eigenvalue weighted by Gasteiger charge is -2.71. The molecule has 0 radical (unpaired) electrons. The third-order valence-corrected chi connectivity index (χ3v) is 17.3. The molecular weight excluding hydrogens is 712 g/mol. The van der Waals surface area contributed by atoms with Crippen molar-refractivity contribution in [3.63, 3.8) is 0 Å². The Balaban J connectivity index is 1.15. The number of rotatable bonds is 7. The number of aliphatic hydroxyl groups is 7. The summed E-state index contributed by atoms with van der Waals surface area (Å²) in [5.74, 6) is 0.0181. The first-order valence-electron chi connectivity index (χ1n) is 20.8. The maximum absolute atomic E-state index is 13.1. The summed E-state index contributed by atoms with van der Waals surface area (Å²) in [5, 5.41) is 84.1. The molecule has 0 bridgehead atoms. The van der Waals surface area contributed by atoms with E-state index < -0.39 is 91.4 Å². The van der Waals surface area contributed by atoms with Crippen LogP contribution in [0.3, 0.4) is 0 Å². The molecule has 7 rings (SSSR count). The lowest BCUT2D eigenvalue weighted by molar-refractivity contribution is -0.378. The second-order valence-electron chi connectivity index (χ2n) is 20.7. The van der Waals surface area contributed by atoms with Gasteiger partial charge in [-0.05, 0) is 109 Å². The second kappa shape index (κ2) is 14.2. The van der Waals surface area contributed by atoms with Gasteiger partial charge in [-0.25, -0.2) is 0 Å². The van der Waals surface area contributed by atoms with Gasteiger partial charge in [-0.3, -0.25) is 4.79 Å². The molecule has 2 aliphatic heterocycles. The molecule has 8 N–H and O–H groups in total. The number of ether oxygens (including phenoxy) is 4. The van der Waals surface area contributed by atoms with E-state index in [0.717, 1.165) is 51.4 Å². The zero-order chi connectivity index (χ0) is 40.3. The first-order chi connectivity index (χ1) is 25.6. The first kappa shape index (κ1) is 41.9. The molecule has 0 aromatic carbocycles. The van der Waals surface area contributed by atoms with E-state index in [1.54, 1.807) is 0 Å². The summed E-state index contributed by atoms with van der Waals surface area (Å²) in [4.78, 5) is 13.1. The molecule has 2 heterocycles. The average molecular weight is 781 g/mol. The molecular formula is C42H68O13. The second-order valence-corrected chi connectivity index (χ2v) is 20.7. The average Bonchev–Trinajstić information content (AvgIpc) is 3.12. The number of aliphatic hydroxyl groups excluding tert-OH is 7. The van der Waals surface area contributed by atoms with Gasteiger partial charge in [0.15, 0.2) is 12.6 Å². The Morgan fingerprint density at radius 3 is 1.98 bits per heavy atom. The molecule has 55 heavy (non-hydrogen) atoms. The smallest absolute Gasteiger partial charge is 0.310 e. The highest BCUT2D eigenvalue weighted by molar-refractivity contribution is 5.76. The van der Waals surface area contributed by atoms with Gasteiger partial charge in [0.05, 0.1) is 24.7 Å². The summed E-state index contributed by atoms with van der Waals surface area (Å²) in [6.07, 6.45) is -4.41. The largest absolute Gasteiger partial charge is 0.481 e. The maximum Gasteiger partial charge on any atom is 0.310 e. The summed E-state index contributed by atoms with van der Waals surface area (Å²) in [5.41, 5.74) is 0.210. The molecule has 0 amide bonds. The van der Waals surface area contributed by atoms with Crippen LogP contribution in [0.1, 0.15) is 113 Å². The molecule has 2 saturated heterocycles. The fourth-order valence-electron chi connectivity index (χ4n) is 13.7. The first-order valence-corrected chi connectivity index (χ1v) is 20.8. The van der Waals surface area contributed by atoms with Crippen LogP contribution >= 0.6 is 0 Å². The van der Waals surface area contributed by atoms with Gasteiger partial charge in [0.25, 0.3) is 0 Å². The lowest BCUT2D eigenvalue weighted by Crippen LogP contribution is -2.67. The number of carbonyl (C=O) groups is 1. The van der Waals surface area contributed by atoms with E-state index in [-0.39, 0.29) is 39.6 Å². The number of hydrogen-bond donors (Lipinski definition) is 8. The molecule has 5 aliphatic carbocycles. The number of carboxylic acid groups (broad SMARTS) is 1. The third kappa shape index (κ3) is 6.23. The van der Waals surface area contributed by atoms with E-state index in [4.69, 9.17) is 18.9 Å². The zero-order valence-electron chi connectivity index (χ0n) is 33.8. The van der Waals surface area contributed by atoms with Gasteiger partial charge in [0.2, 0.25) is 0 Å². The van der Waals surface area contributed by atoms with Gasteiger partial charge in [-0.15, -0.1) is 0 Å². The summed E-state index contributed by atoms with van der Waals surface area (Å²) >= 11 is 0. The van der Waals surface area contributed by atoms with Gasteiger partial charge in [-0.1, -0.05) is 60.1 Å². The predicted octanol–water partition coefficient (Wildman–Crippen LogP) is 2.88. The van der Waals surface area contributed by atoms with Crippen LogP contribution in [0.4, 0.5) is 0 Å². The van der Waals surface area contributed by atoms with Gasteiger partial charge < -0.3 is 59.8 Å². The SMILES string of the molecule is CC1(C)CC[C@]2(C(=O)O)CC[C@]3(C)C(=CC[C@@H]4[C@@]5(C)CC[C@H](OC6O[C@H](CO)[C@@H](O)[C@H](O)[C@H]6OC6O[C@H](CO)[C@@H](O)[C@H](O)[C@H]6O)C(C)(C)[C@@H]5CC[C@]43C)[C@@H]2C1. The molecule has 13 heteroatoms. The van der Waals surface area contributed by atoms with Crippen LogP contribution in [0.5, 0.6) is 0 Å². The Hall–Kier alpha value is -1.23. The third-order valence-electron chi connectivity index (χ3n) is 17.3. The van der Waals surface area contributed by atoms with Crippen LogP contribution in [-0.2, 0) is 23.7 Å². The molecule has 0 aromatic heterocycles. The Labute approximate surface area is 325 Å². The highest BCUT2D eigenvalue weighted by Gasteiger charge is 2.69. The fraction of sp³-hybridized carbons (Fsp3) is 0.929. The molecule has 0 spiro atoms. The fourth-order valence-corrected chi connectivity index (χ4v) is 13.7. The molecule has 6 fully saturated rings. The minimum atomic E-state index is -1.75. The topological polar surface area (TPSA) is 216 Å². The summed E-state index contributed by atoms with van der Waals surface area (Å²) < 4.78 is 24.4. The van der Waals surface area contributed by atoms with Crippen molar-refractivity contribution in [3.05, 3.63) is 11.6 Å². The zero-order valence-corrected chi connectivity index (χ0v) is 33.8. The highest BCUT2D eigenvalue weighted by atomic mass is 16.8. The maximum atomic E-state index is 13.1. The van der Waals surface area contributed by atoms with Crippen LogP contribution in [-0.4, -0.2) is 128 Å². The molecule has 2 unspecified atom stereocenters. The Morgan fingerprint density at radius 1 is 0.727 bits per heavy atom. The van der Waals surface area contributed by atoms with Crippen LogP contribution in [0.25, 0.3) is 0 Å². The van der Waals surface area contributed by atoms with Gasteiger partial charge in [0.1, 0.15) is 48.8 Å². The minimum absolute atomic E-state index is 0.0240. The Morgan fingerprint density at radius 2 is 1.35 bits per heavy atom. The molecule has 314 valence electrons. The van der Waals surface area contributed by atoms with E-state index in [1.807, 2.05) is 0 Å². The summed E-state index contributed by atoms with van der Waals surface area (Å²) in [7, 11) is 0. The molecule has 13 nitrogen and oxygen atoms in total. The van der Waals surface area contributed by atoms with Crippen LogP contribution in [0, 0.1) is 50.2 Å². The number of hydrogen-bond acceptors (Lipinski definition) is 12. The number of allylic oxidation sites excluding steroid dienone is 2. The summed E-state index contributed by atoms with van der Waals surface area (Å²) in [6.45, 7) is 15.1. The normalized spacial score (nSPS) is 53.2. The van der Waals surface area contributed by atoms with Crippen molar-refractivity contribution in [1.82, 2.24) is 0 Å². The standard InChI is InChI=1S/C42H68O13/c1-37(2)14-16-42(36(50)51)17-15-40(6)21(22(42)18-37)8-9-26-39(5)12-11-27(38(3,4)25(39)10-13-41(26,40)7)54-35-33(31(48)29(46)24(20-44)53-35)55-34-32(49)30(47)28(45)23(19-43)52-34/h8,22-35,43-49H,9-20H2,1-7H3,(H,50,51)/t22-,23+,24+,25-,26+,27-,28+,29+,30-,31-,32+,33+,34?,35?,39-,40+,41+,42-/m0/s1. The van der Waals surface area contributed by atoms with E-state index in [0.29, 0.717) is 18.8 Å². The molecule has 7 aliphatic rings. The molecule has 4 saturated carbocycles. The minimum Gasteiger partial charge on any atom is -0.481 e. The van der Waals surface area contributed by atoms with E-state index >= 15 is 0 Å².